The SMILES string of the molecule is C1=C2CC(C1)CC21COCOC1. The molecule has 1 spiro atoms. The predicted molar refractivity (Wildman–Crippen MR) is 44.6 cm³/mol. The van der Waals surface area contributed by atoms with Crippen molar-refractivity contribution in [2.45, 2.75) is 19.3 Å². The molecule has 0 aromatic carbocycles. The lowest BCUT2D eigenvalue weighted by molar-refractivity contribution is -0.153. The molecule has 2 heteroatoms. The summed E-state index contributed by atoms with van der Waals surface area (Å²) in [6, 6.07) is 0. The number of rotatable bonds is 0. The molecule has 1 saturated carbocycles. The van der Waals surface area contributed by atoms with Crippen LogP contribution >= 0.6 is 0 Å². The topological polar surface area (TPSA) is 18.5 Å². The number of allylic oxidation sites excluding steroid dienone is 1. The molecule has 2 aliphatic carbocycles. The first-order valence-corrected chi connectivity index (χ1v) is 4.74. The molecule has 0 amide bonds. The summed E-state index contributed by atoms with van der Waals surface area (Å²) >= 11 is 0. The van der Waals surface area contributed by atoms with E-state index in [4.69, 9.17) is 9.47 Å². The van der Waals surface area contributed by atoms with Crippen molar-refractivity contribution >= 4 is 0 Å². The second-order valence-corrected chi connectivity index (χ2v) is 4.33. The summed E-state index contributed by atoms with van der Waals surface area (Å²) in [5.74, 6) is 0.908. The molecular weight excluding hydrogens is 152 g/mol. The lowest BCUT2D eigenvalue weighted by Gasteiger charge is -2.36. The van der Waals surface area contributed by atoms with Crippen molar-refractivity contribution in [3.8, 4) is 0 Å². The highest BCUT2D eigenvalue weighted by atomic mass is 16.7. The van der Waals surface area contributed by atoms with Crippen LogP contribution in [0.1, 0.15) is 19.3 Å². The summed E-state index contributed by atoms with van der Waals surface area (Å²) in [4.78, 5) is 0. The van der Waals surface area contributed by atoms with Crippen LogP contribution in [0.15, 0.2) is 11.6 Å². The van der Waals surface area contributed by atoms with Gasteiger partial charge in [0.2, 0.25) is 0 Å². The van der Waals surface area contributed by atoms with E-state index in [9.17, 15) is 0 Å². The Morgan fingerprint density at radius 3 is 2.75 bits per heavy atom. The Morgan fingerprint density at radius 1 is 1.33 bits per heavy atom. The maximum atomic E-state index is 5.40. The van der Waals surface area contributed by atoms with E-state index in [1.165, 1.54) is 19.3 Å². The smallest absolute Gasteiger partial charge is 0.146 e. The molecule has 0 aromatic rings. The van der Waals surface area contributed by atoms with E-state index in [1.54, 1.807) is 5.57 Å². The second-order valence-electron chi connectivity index (χ2n) is 4.33. The van der Waals surface area contributed by atoms with Gasteiger partial charge in [-0.3, -0.25) is 0 Å². The monoisotopic (exact) mass is 166 g/mol. The minimum atomic E-state index is 0.307. The van der Waals surface area contributed by atoms with E-state index >= 15 is 0 Å². The lowest BCUT2D eigenvalue weighted by atomic mass is 9.80. The minimum absolute atomic E-state index is 0.307. The number of hydrogen-bond acceptors (Lipinski definition) is 2. The Hall–Kier alpha value is -0.340. The fraction of sp³-hybridized carbons (Fsp3) is 0.800. The molecule has 2 nitrogen and oxygen atoms in total. The third kappa shape index (κ3) is 0.824. The van der Waals surface area contributed by atoms with Crippen molar-refractivity contribution < 1.29 is 9.47 Å². The maximum Gasteiger partial charge on any atom is 0.146 e. The Balaban J connectivity index is 1.90. The van der Waals surface area contributed by atoms with Crippen LogP contribution < -0.4 is 0 Å². The van der Waals surface area contributed by atoms with Gasteiger partial charge >= 0.3 is 0 Å². The summed E-state index contributed by atoms with van der Waals surface area (Å²) < 4.78 is 10.8. The first-order chi connectivity index (χ1) is 5.89. The molecule has 0 radical (unpaired) electrons. The van der Waals surface area contributed by atoms with Crippen LogP contribution in [0.5, 0.6) is 0 Å². The second kappa shape index (κ2) is 2.33. The average Bonchev–Trinajstić information content (AvgIpc) is 2.65. The van der Waals surface area contributed by atoms with Gasteiger partial charge in [0.15, 0.2) is 0 Å². The van der Waals surface area contributed by atoms with Gasteiger partial charge in [0.1, 0.15) is 6.79 Å². The van der Waals surface area contributed by atoms with E-state index in [0.717, 1.165) is 19.1 Å². The van der Waals surface area contributed by atoms with Crippen LogP contribution in [0.4, 0.5) is 0 Å². The molecule has 1 unspecified atom stereocenters. The van der Waals surface area contributed by atoms with E-state index in [-0.39, 0.29) is 0 Å². The number of ether oxygens (including phenoxy) is 2. The van der Waals surface area contributed by atoms with Crippen molar-refractivity contribution in [2.75, 3.05) is 20.0 Å². The van der Waals surface area contributed by atoms with E-state index in [1.807, 2.05) is 0 Å². The van der Waals surface area contributed by atoms with Gasteiger partial charge in [-0.1, -0.05) is 11.6 Å². The van der Waals surface area contributed by atoms with Gasteiger partial charge in [0.05, 0.1) is 13.2 Å². The highest BCUT2D eigenvalue weighted by Crippen LogP contribution is 2.53. The Labute approximate surface area is 72.5 Å². The zero-order valence-corrected chi connectivity index (χ0v) is 7.21. The molecule has 1 aliphatic heterocycles. The molecule has 12 heavy (non-hydrogen) atoms. The average molecular weight is 166 g/mol. The van der Waals surface area contributed by atoms with E-state index < -0.39 is 0 Å². The first-order valence-electron chi connectivity index (χ1n) is 4.74. The van der Waals surface area contributed by atoms with Crippen LogP contribution in [-0.4, -0.2) is 20.0 Å². The molecule has 66 valence electrons. The van der Waals surface area contributed by atoms with E-state index in [0.29, 0.717) is 12.2 Å². The minimum Gasteiger partial charge on any atom is -0.354 e. The van der Waals surface area contributed by atoms with Crippen molar-refractivity contribution in [3.63, 3.8) is 0 Å². The fourth-order valence-corrected chi connectivity index (χ4v) is 2.94. The van der Waals surface area contributed by atoms with Gasteiger partial charge in [0.25, 0.3) is 0 Å². The van der Waals surface area contributed by atoms with Crippen LogP contribution in [0.2, 0.25) is 0 Å². The van der Waals surface area contributed by atoms with Gasteiger partial charge in [-0.15, -0.1) is 0 Å². The van der Waals surface area contributed by atoms with Gasteiger partial charge in [-0.05, 0) is 25.2 Å². The molecule has 0 aromatic heterocycles. The molecule has 3 aliphatic rings. The molecule has 3 rings (SSSR count). The normalized spacial score (nSPS) is 37.3. The van der Waals surface area contributed by atoms with Crippen LogP contribution in [0.3, 0.4) is 0 Å². The molecule has 1 heterocycles. The van der Waals surface area contributed by atoms with Crippen molar-refractivity contribution in [2.24, 2.45) is 11.3 Å². The molecule has 1 atom stereocenters. The van der Waals surface area contributed by atoms with Crippen molar-refractivity contribution in [1.29, 1.82) is 0 Å². The Kier molecular flexibility index (Phi) is 1.38. The van der Waals surface area contributed by atoms with Crippen LogP contribution in [0.25, 0.3) is 0 Å². The zero-order valence-electron chi connectivity index (χ0n) is 7.21. The lowest BCUT2D eigenvalue weighted by Crippen LogP contribution is -2.37. The fourth-order valence-electron chi connectivity index (χ4n) is 2.94. The summed E-state index contributed by atoms with van der Waals surface area (Å²) in [5, 5.41) is 0. The van der Waals surface area contributed by atoms with Gasteiger partial charge in [0, 0.05) is 5.41 Å². The molecular formula is C10H14O2. The predicted octanol–water partition coefficient (Wildman–Crippen LogP) is 1.72. The van der Waals surface area contributed by atoms with Crippen LogP contribution in [-0.2, 0) is 9.47 Å². The zero-order chi connectivity index (χ0) is 8.02. The summed E-state index contributed by atoms with van der Waals surface area (Å²) in [7, 11) is 0. The van der Waals surface area contributed by atoms with Gasteiger partial charge in [-0.2, -0.15) is 0 Å². The molecule has 2 fully saturated rings. The van der Waals surface area contributed by atoms with Crippen LogP contribution in [0, 0.1) is 11.3 Å². The summed E-state index contributed by atoms with van der Waals surface area (Å²) in [6.07, 6.45) is 6.33. The largest absolute Gasteiger partial charge is 0.354 e. The van der Waals surface area contributed by atoms with Crippen molar-refractivity contribution in [1.82, 2.24) is 0 Å². The number of hydrogen-bond donors (Lipinski definition) is 0. The van der Waals surface area contributed by atoms with Gasteiger partial charge < -0.3 is 9.47 Å². The van der Waals surface area contributed by atoms with Gasteiger partial charge in [-0.25, -0.2) is 0 Å². The summed E-state index contributed by atoms with van der Waals surface area (Å²) in [6.45, 7) is 2.30. The molecule has 0 N–H and O–H groups in total. The molecule has 1 saturated heterocycles. The number of fused-ring (bicyclic) bond motifs is 3. The van der Waals surface area contributed by atoms with Crippen molar-refractivity contribution in [3.05, 3.63) is 11.6 Å². The maximum absolute atomic E-state index is 5.40. The van der Waals surface area contributed by atoms with E-state index in [2.05, 4.69) is 6.08 Å². The third-order valence-electron chi connectivity index (χ3n) is 3.49. The Bertz CT molecular complexity index is 226. The third-order valence-corrected chi connectivity index (χ3v) is 3.49. The quantitative estimate of drug-likeness (QED) is 0.510. The Morgan fingerprint density at radius 2 is 2.17 bits per heavy atom. The first kappa shape index (κ1) is 7.10. The standard InChI is InChI=1S/C10H14O2/c1-2-9-3-8(1)4-10(9)5-11-7-12-6-10/h2,8H,1,3-7H2. The molecule has 2 bridgehead atoms. The summed E-state index contributed by atoms with van der Waals surface area (Å²) in [5.41, 5.74) is 1.92. The highest BCUT2D eigenvalue weighted by molar-refractivity contribution is 5.27. The highest BCUT2D eigenvalue weighted by Gasteiger charge is 2.47.